The molecule has 2 aromatic rings. The van der Waals surface area contributed by atoms with E-state index in [1.54, 1.807) is 0 Å². The molecule has 18 heavy (non-hydrogen) atoms. The molecule has 0 saturated heterocycles. The number of aldehydes is 1. The Morgan fingerprint density at radius 2 is 2.28 bits per heavy atom. The van der Waals surface area contributed by atoms with Gasteiger partial charge in [-0.3, -0.25) is 14.7 Å². The SMILES string of the molecule is O=Cc1cn[nH]c1-c1ccc2c(c1)NC(=O)CS2. The van der Waals surface area contributed by atoms with E-state index in [2.05, 4.69) is 15.5 Å². The van der Waals surface area contributed by atoms with Gasteiger partial charge in [-0.25, -0.2) is 0 Å². The van der Waals surface area contributed by atoms with Crippen LogP contribution in [0.1, 0.15) is 10.4 Å². The van der Waals surface area contributed by atoms with E-state index in [0.29, 0.717) is 17.0 Å². The maximum Gasteiger partial charge on any atom is 0.234 e. The van der Waals surface area contributed by atoms with E-state index < -0.39 is 0 Å². The van der Waals surface area contributed by atoms with Crippen molar-refractivity contribution < 1.29 is 9.59 Å². The van der Waals surface area contributed by atoms with Gasteiger partial charge in [-0.15, -0.1) is 11.8 Å². The highest BCUT2D eigenvalue weighted by Gasteiger charge is 2.16. The third-order valence-corrected chi connectivity index (χ3v) is 3.77. The number of anilines is 1. The molecule has 0 saturated carbocycles. The number of thioether (sulfide) groups is 1. The number of H-pyrrole nitrogens is 1. The van der Waals surface area contributed by atoms with Crippen LogP contribution in [0.4, 0.5) is 5.69 Å². The summed E-state index contributed by atoms with van der Waals surface area (Å²) in [7, 11) is 0. The third kappa shape index (κ3) is 1.80. The number of hydrogen-bond acceptors (Lipinski definition) is 4. The summed E-state index contributed by atoms with van der Waals surface area (Å²) in [6, 6.07) is 5.69. The fraction of sp³-hybridized carbons (Fsp3) is 0.0833. The normalized spacial score (nSPS) is 13.9. The molecule has 1 aliphatic heterocycles. The second kappa shape index (κ2) is 4.30. The Labute approximate surface area is 107 Å². The van der Waals surface area contributed by atoms with Crippen molar-refractivity contribution in [3.8, 4) is 11.3 Å². The summed E-state index contributed by atoms with van der Waals surface area (Å²) in [5.74, 6) is 0.431. The number of nitrogens with one attached hydrogen (secondary N) is 2. The van der Waals surface area contributed by atoms with Gasteiger partial charge in [0.15, 0.2) is 6.29 Å². The minimum atomic E-state index is -0.00938. The summed E-state index contributed by atoms with van der Waals surface area (Å²) in [4.78, 5) is 23.2. The van der Waals surface area contributed by atoms with Crippen LogP contribution in [-0.4, -0.2) is 28.1 Å². The van der Waals surface area contributed by atoms with Crippen LogP contribution in [0.25, 0.3) is 11.3 Å². The highest BCUT2D eigenvalue weighted by molar-refractivity contribution is 8.00. The van der Waals surface area contributed by atoms with E-state index in [1.165, 1.54) is 18.0 Å². The number of aromatic amines is 1. The zero-order valence-electron chi connectivity index (χ0n) is 9.27. The van der Waals surface area contributed by atoms with Gasteiger partial charge in [0.1, 0.15) is 0 Å². The van der Waals surface area contributed by atoms with Gasteiger partial charge in [-0.05, 0) is 12.1 Å². The molecule has 1 aromatic carbocycles. The van der Waals surface area contributed by atoms with Crippen molar-refractivity contribution in [3.63, 3.8) is 0 Å². The van der Waals surface area contributed by atoms with Gasteiger partial charge in [0.05, 0.1) is 28.9 Å². The third-order valence-electron chi connectivity index (χ3n) is 2.70. The molecule has 1 aromatic heterocycles. The molecule has 0 bridgehead atoms. The van der Waals surface area contributed by atoms with Gasteiger partial charge in [-0.1, -0.05) is 6.07 Å². The van der Waals surface area contributed by atoms with Gasteiger partial charge in [0.2, 0.25) is 5.91 Å². The molecular weight excluding hydrogens is 250 g/mol. The summed E-state index contributed by atoms with van der Waals surface area (Å²) in [5, 5.41) is 9.46. The molecule has 2 N–H and O–H groups in total. The maximum atomic E-state index is 11.3. The van der Waals surface area contributed by atoms with Crippen molar-refractivity contribution in [2.45, 2.75) is 4.90 Å². The largest absolute Gasteiger partial charge is 0.324 e. The van der Waals surface area contributed by atoms with Crippen LogP contribution in [0, 0.1) is 0 Å². The van der Waals surface area contributed by atoms with Gasteiger partial charge >= 0.3 is 0 Å². The molecule has 1 amide bonds. The molecule has 1 aliphatic rings. The second-order valence-electron chi connectivity index (χ2n) is 3.87. The number of carbonyl (C=O) groups is 2. The molecule has 0 unspecified atom stereocenters. The molecule has 0 fully saturated rings. The predicted molar refractivity (Wildman–Crippen MR) is 68.8 cm³/mol. The van der Waals surface area contributed by atoms with E-state index >= 15 is 0 Å². The summed E-state index contributed by atoms with van der Waals surface area (Å²) in [6.07, 6.45) is 2.24. The quantitative estimate of drug-likeness (QED) is 0.808. The van der Waals surface area contributed by atoms with Crippen molar-refractivity contribution in [3.05, 3.63) is 30.0 Å². The Morgan fingerprint density at radius 1 is 1.39 bits per heavy atom. The summed E-state index contributed by atoms with van der Waals surface area (Å²) in [5.41, 5.74) is 2.78. The molecule has 0 spiro atoms. The predicted octanol–water partition coefficient (Wildman–Crippen LogP) is 1.93. The molecule has 2 heterocycles. The van der Waals surface area contributed by atoms with Crippen molar-refractivity contribution >= 4 is 29.6 Å². The lowest BCUT2D eigenvalue weighted by Gasteiger charge is -2.16. The Kier molecular flexibility index (Phi) is 2.64. The summed E-state index contributed by atoms with van der Waals surface area (Å²) >= 11 is 1.51. The van der Waals surface area contributed by atoms with Crippen LogP contribution in [0.15, 0.2) is 29.3 Å². The van der Waals surface area contributed by atoms with Crippen LogP contribution < -0.4 is 5.32 Å². The number of benzene rings is 1. The minimum absolute atomic E-state index is 0.00938. The number of hydrogen-bond donors (Lipinski definition) is 2. The van der Waals surface area contributed by atoms with Crippen molar-refractivity contribution in [2.24, 2.45) is 0 Å². The molecule has 6 heteroatoms. The summed E-state index contributed by atoms with van der Waals surface area (Å²) < 4.78 is 0. The average Bonchev–Trinajstić information content (AvgIpc) is 2.86. The zero-order chi connectivity index (χ0) is 12.5. The number of rotatable bonds is 2. The van der Waals surface area contributed by atoms with Gasteiger partial charge < -0.3 is 5.32 Å². The average molecular weight is 259 g/mol. The number of carbonyl (C=O) groups excluding carboxylic acids is 2. The Morgan fingerprint density at radius 3 is 3.11 bits per heavy atom. The Balaban J connectivity index is 2.07. The van der Waals surface area contributed by atoms with Crippen LogP contribution in [0.3, 0.4) is 0 Å². The lowest BCUT2D eigenvalue weighted by atomic mass is 10.1. The van der Waals surface area contributed by atoms with E-state index in [9.17, 15) is 9.59 Å². The lowest BCUT2D eigenvalue weighted by Crippen LogP contribution is -2.18. The van der Waals surface area contributed by atoms with Crippen LogP contribution >= 0.6 is 11.8 Å². The molecule has 5 nitrogen and oxygen atoms in total. The van der Waals surface area contributed by atoms with E-state index in [4.69, 9.17) is 0 Å². The second-order valence-corrected chi connectivity index (χ2v) is 4.88. The number of amides is 1. The lowest BCUT2D eigenvalue weighted by molar-refractivity contribution is -0.113. The minimum Gasteiger partial charge on any atom is -0.324 e. The Hall–Kier alpha value is -2.08. The topological polar surface area (TPSA) is 74.8 Å². The van der Waals surface area contributed by atoms with Gasteiger partial charge in [0.25, 0.3) is 0 Å². The first-order chi connectivity index (χ1) is 8.78. The first-order valence-corrected chi connectivity index (χ1v) is 6.32. The van der Waals surface area contributed by atoms with E-state index in [1.807, 2.05) is 18.2 Å². The summed E-state index contributed by atoms with van der Waals surface area (Å²) in [6.45, 7) is 0. The molecular formula is C12H9N3O2S. The first kappa shape index (κ1) is 11.0. The van der Waals surface area contributed by atoms with Crippen LogP contribution in [0.5, 0.6) is 0 Å². The van der Waals surface area contributed by atoms with Gasteiger partial charge in [-0.2, -0.15) is 5.10 Å². The monoisotopic (exact) mass is 259 g/mol. The fourth-order valence-corrected chi connectivity index (χ4v) is 2.64. The highest BCUT2D eigenvalue weighted by atomic mass is 32.2. The smallest absolute Gasteiger partial charge is 0.234 e. The van der Waals surface area contributed by atoms with Crippen LogP contribution in [0.2, 0.25) is 0 Å². The molecule has 0 atom stereocenters. The maximum absolute atomic E-state index is 11.3. The van der Waals surface area contributed by atoms with Crippen molar-refractivity contribution in [1.82, 2.24) is 10.2 Å². The van der Waals surface area contributed by atoms with Crippen molar-refractivity contribution in [2.75, 3.05) is 11.1 Å². The van der Waals surface area contributed by atoms with Crippen molar-refractivity contribution in [1.29, 1.82) is 0 Å². The molecule has 3 rings (SSSR count). The number of fused-ring (bicyclic) bond motifs is 1. The number of aromatic nitrogens is 2. The molecule has 90 valence electrons. The molecule has 0 aliphatic carbocycles. The van der Waals surface area contributed by atoms with Gasteiger partial charge in [0, 0.05) is 10.5 Å². The Bertz CT molecular complexity index is 636. The van der Waals surface area contributed by atoms with E-state index in [-0.39, 0.29) is 5.91 Å². The first-order valence-electron chi connectivity index (χ1n) is 5.33. The van der Waals surface area contributed by atoms with E-state index in [0.717, 1.165) is 22.4 Å². The van der Waals surface area contributed by atoms with Crippen LogP contribution in [-0.2, 0) is 4.79 Å². The number of nitrogens with zero attached hydrogens (tertiary/aromatic N) is 1. The molecule has 0 radical (unpaired) electrons. The fourth-order valence-electron chi connectivity index (χ4n) is 1.85. The standard InChI is InChI=1S/C12H9N3O2S/c16-5-8-4-13-15-12(8)7-1-2-10-9(3-7)14-11(17)6-18-10/h1-5H,6H2,(H,13,15)(H,14,17). The highest BCUT2D eigenvalue weighted by Crippen LogP contribution is 2.34. The zero-order valence-corrected chi connectivity index (χ0v) is 10.1.